The fraction of sp³-hybridized carbons (Fsp3) is 0.222. The maximum Gasteiger partial charge on any atom is 1.00 e. The van der Waals surface area contributed by atoms with E-state index >= 15 is 0 Å². The molecule has 2 aromatic heterocycles. The molecule has 0 amide bonds. The van der Waals surface area contributed by atoms with Crippen LogP contribution >= 0.6 is 0 Å². The van der Waals surface area contributed by atoms with Gasteiger partial charge >= 0.3 is 18.9 Å². The number of pyridine rings is 1. The number of rotatable bonds is 2. The van der Waals surface area contributed by atoms with Crippen LogP contribution in [0.1, 0.15) is 17.5 Å². The Balaban J connectivity index is 0.00000112. The van der Waals surface area contributed by atoms with E-state index in [1.54, 1.807) is 18.3 Å². The van der Waals surface area contributed by atoms with E-state index in [0.29, 0.717) is 17.7 Å². The number of aromatic nitrogens is 3. The summed E-state index contributed by atoms with van der Waals surface area (Å²) in [6, 6.07) is 3.44. The number of hydrogen-bond acceptors (Lipinski definition) is 4. The van der Waals surface area contributed by atoms with Gasteiger partial charge in [-0.25, -0.2) is 9.97 Å². The maximum atomic E-state index is 10.7. The maximum absolute atomic E-state index is 10.7. The zero-order chi connectivity index (χ0) is 10.1. The first kappa shape index (κ1) is 11.8. The molecule has 0 N–H and O–H groups in total. The van der Waals surface area contributed by atoms with Crippen LogP contribution in [0.2, 0.25) is 0 Å². The zero-order valence-corrected chi connectivity index (χ0v) is 8.60. The van der Waals surface area contributed by atoms with Gasteiger partial charge in [0, 0.05) is 12.7 Å². The minimum atomic E-state index is -1.27. The average molecular weight is 197 g/mol. The minimum absolute atomic E-state index is 0. The molecule has 2 heterocycles. The predicted octanol–water partition coefficient (Wildman–Crippen LogP) is -3.18. The van der Waals surface area contributed by atoms with Crippen LogP contribution in [0, 0.1) is 0 Å². The van der Waals surface area contributed by atoms with E-state index in [1.807, 2.05) is 6.92 Å². The largest absolute Gasteiger partial charge is 1.00 e. The molecule has 0 saturated carbocycles. The molecule has 5 nitrogen and oxygen atoms in total. The molecule has 0 unspecified atom stereocenters. The molecule has 0 aliphatic heterocycles. The van der Waals surface area contributed by atoms with Crippen molar-refractivity contribution in [2.75, 3.05) is 0 Å². The van der Waals surface area contributed by atoms with Gasteiger partial charge in [-0.15, -0.1) is 0 Å². The number of fused-ring (bicyclic) bond motifs is 1. The van der Waals surface area contributed by atoms with Gasteiger partial charge < -0.3 is 14.5 Å². The monoisotopic (exact) mass is 197 g/mol. The summed E-state index contributed by atoms with van der Waals surface area (Å²) in [5.74, 6) is -1.34. The van der Waals surface area contributed by atoms with Gasteiger partial charge in [-0.1, -0.05) is 0 Å². The summed E-state index contributed by atoms with van der Waals surface area (Å²) in [5.41, 5.74) is 1.16. The number of aryl methyl sites for hydroxylation is 1. The van der Waals surface area contributed by atoms with Gasteiger partial charge in [0.1, 0.15) is 11.5 Å². The normalized spacial score (nSPS) is 9.93. The van der Waals surface area contributed by atoms with Crippen LogP contribution in [-0.2, 0) is 6.54 Å². The second-order valence-electron chi connectivity index (χ2n) is 2.81. The van der Waals surface area contributed by atoms with Crippen LogP contribution in [-0.4, -0.2) is 20.5 Å². The Morgan fingerprint density at radius 2 is 2.33 bits per heavy atom. The third kappa shape index (κ3) is 1.89. The van der Waals surface area contributed by atoms with E-state index in [2.05, 4.69) is 9.97 Å². The molecule has 6 heteroatoms. The molecule has 0 bridgehead atoms. The van der Waals surface area contributed by atoms with Crippen LogP contribution in [0.4, 0.5) is 0 Å². The Labute approximate surface area is 98.3 Å². The Bertz CT molecular complexity index is 495. The molecule has 0 fully saturated rings. The summed E-state index contributed by atoms with van der Waals surface area (Å²) in [7, 11) is 0. The number of carbonyl (C=O) groups excluding carboxylic acids is 1. The smallest absolute Gasteiger partial charge is 0.542 e. The third-order valence-electron chi connectivity index (χ3n) is 2.00. The number of carboxylic acid groups (broad SMARTS) is 1. The second-order valence-corrected chi connectivity index (χ2v) is 2.81. The molecule has 0 aromatic carbocycles. The van der Waals surface area contributed by atoms with Gasteiger partial charge in [0.15, 0.2) is 11.5 Å². The van der Waals surface area contributed by atoms with E-state index in [1.165, 1.54) is 4.57 Å². The number of nitrogens with zero attached hydrogens (tertiary/aromatic N) is 3. The fourth-order valence-electron chi connectivity index (χ4n) is 1.41. The standard InChI is InChI=1S/C9H9N3O2.Li/c1-2-12-7-6(4-3-5-10-7)11-8(12)9(13)14;/h3-5H,2H2,1H3,(H,13,14);/q;+1/p-1. The summed E-state index contributed by atoms with van der Waals surface area (Å²) in [4.78, 5) is 18.7. The molecule has 0 saturated heterocycles. The van der Waals surface area contributed by atoms with Crippen LogP contribution in [0.5, 0.6) is 0 Å². The van der Waals surface area contributed by atoms with Gasteiger partial charge in [-0.05, 0) is 19.1 Å². The van der Waals surface area contributed by atoms with Crippen molar-refractivity contribution in [1.82, 2.24) is 14.5 Å². The van der Waals surface area contributed by atoms with Crippen molar-refractivity contribution in [3.8, 4) is 0 Å². The Hall–Kier alpha value is -1.31. The fourth-order valence-corrected chi connectivity index (χ4v) is 1.41. The first-order chi connectivity index (χ1) is 6.74. The molecule has 72 valence electrons. The van der Waals surface area contributed by atoms with Crippen molar-refractivity contribution in [2.45, 2.75) is 13.5 Å². The van der Waals surface area contributed by atoms with Gasteiger partial charge in [0.2, 0.25) is 0 Å². The number of hydrogen-bond donors (Lipinski definition) is 0. The molecule has 0 atom stereocenters. The van der Waals surface area contributed by atoms with Crippen molar-refractivity contribution >= 4 is 17.1 Å². The zero-order valence-electron chi connectivity index (χ0n) is 8.60. The van der Waals surface area contributed by atoms with Crippen molar-refractivity contribution in [1.29, 1.82) is 0 Å². The van der Waals surface area contributed by atoms with Crippen molar-refractivity contribution in [2.24, 2.45) is 0 Å². The first-order valence-electron chi connectivity index (χ1n) is 4.26. The second kappa shape index (κ2) is 4.47. The molecule has 2 rings (SSSR count). The molecule has 0 spiro atoms. The minimum Gasteiger partial charge on any atom is -0.542 e. The molecule has 2 aromatic rings. The molecule has 0 aliphatic rings. The molecular formula is C9H8LiN3O2. The molecular weight excluding hydrogens is 189 g/mol. The van der Waals surface area contributed by atoms with E-state index in [-0.39, 0.29) is 24.7 Å². The summed E-state index contributed by atoms with van der Waals surface area (Å²) in [6.07, 6.45) is 1.61. The SMILES string of the molecule is CCn1c(C(=O)[O-])nc2cccnc21.[Li+]. The predicted molar refractivity (Wildman–Crippen MR) is 47.5 cm³/mol. The number of imidazole rings is 1. The van der Waals surface area contributed by atoms with E-state index < -0.39 is 5.97 Å². The summed E-state index contributed by atoms with van der Waals surface area (Å²) in [6.45, 7) is 2.35. The van der Waals surface area contributed by atoms with Gasteiger partial charge in [0.05, 0.1) is 0 Å². The topological polar surface area (TPSA) is 70.8 Å². The number of carboxylic acids is 1. The van der Waals surface area contributed by atoms with Gasteiger partial charge in [-0.2, -0.15) is 0 Å². The summed E-state index contributed by atoms with van der Waals surface area (Å²) >= 11 is 0. The van der Waals surface area contributed by atoms with E-state index in [9.17, 15) is 9.90 Å². The number of aromatic carboxylic acids is 1. The van der Waals surface area contributed by atoms with Gasteiger partial charge in [-0.3, -0.25) is 0 Å². The Kier molecular flexibility index (Phi) is 3.51. The summed E-state index contributed by atoms with van der Waals surface area (Å²) in [5, 5.41) is 10.7. The first-order valence-corrected chi connectivity index (χ1v) is 4.26. The van der Waals surface area contributed by atoms with Gasteiger partial charge in [0.25, 0.3) is 0 Å². The average Bonchev–Trinajstić information content (AvgIpc) is 2.56. The quantitative estimate of drug-likeness (QED) is 0.476. The van der Waals surface area contributed by atoms with E-state index in [0.717, 1.165) is 0 Å². The number of carbonyl (C=O) groups is 1. The molecule has 0 radical (unpaired) electrons. The van der Waals surface area contributed by atoms with Crippen LogP contribution in [0.25, 0.3) is 11.2 Å². The Morgan fingerprint density at radius 1 is 1.60 bits per heavy atom. The van der Waals surface area contributed by atoms with Crippen molar-refractivity contribution in [3.05, 3.63) is 24.2 Å². The molecule has 0 aliphatic carbocycles. The van der Waals surface area contributed by atoms with Crippen LogP contribution in [0.3, 0.4) is 0 Å². The van der Waals surface area contributed by atoms with Crippen molar-refractivity contribution in [3.63, 3.8) is 0 Å². The molecule has 15 heavy (non-hydrogen) atoms. The summed E-state index contributed by atoms with van der Waals surface area (Å²) < 4.78 is 1.52. The van der Waals surface area contributed by atoms with Crippen LogP contribution in [0.15, 0.2) is 18.3 Å². The van der Waals surface area contributed by atoms with E-state index in [4.69, 9.17) is 0 Å². The Morgan fingerprint density at radius 3 is 2.93 bits per heavy atom. The van der Waals surface area contributed by atoms with Crippen molar-refractivity contribution < 1.29 is 28.8 Å². The third-order valence-corrected chi connectivity index (χ3v) is 2.00. The van der Waals surface area contributed by atoms with Crippen LogP contribution < -0.4 is 24.0 Å².